The lowest BCUT2D eigenvalue weighted by atomic mass is 9.70. The Morgan fingerprint density at radius 1 is 1.11 bits per heavy atom. The largest absolute Gasteiger partial charge is 0.396 e. The van der Waals surface area contributed by atoms with E-state index in [0.29, 0.717) is 49.6 Å². The van der Waals surface area contributed by atoms with Crippen molar-refractivity contribution in [2.45, 2.75) is 53.6 Å². The molecule has 3 aliphatic rings. The molecule has 2 aromatic carbocycles. The first-order chi connectivity index (χ1) is 21.2. The molecule has 1 spiro atoms. The Kier molecular flexibility index (Phi) is 10.3. The summed E-state index contributed by atoms with van der Waals surface area (Å²) in [6.45, 7) is 11.0. The molecule has 3 heterocycles. The zero-order chi connectivity index (χ0) is 31.6. The predicted molar refractivity (Wildman–Crippen MR) is 181 cm³/mol. The summed E-state index contributed by atoms with van der Waals surface area (Å²) in [5.41, 5.74) is 2.44. The van der Waals surface area contributed by atoms with Gasteiger partial charge in [0.05, 0.1) is 27.3 Å². The first kappa shape index (κ1) is 32.8. The standard InChI is InChI=1S/C34H39BrClN3O4S/c1-4-16-37(21-23-13-7-6-8-14-23)31(41)26-27-32(42)39(18-9-10-19-40)30(34(27)20-24(35)29(26)44-34)33(43)38(17-5-2)28-22(3)12-11-15-25(28)36/h4-8,11-15,24,26-27,29-30,40H,1-2,9-10,16-21H2,3H3/t24?,26-,27+,29-,30?,34?/m1/s1. The summed E-state index contributed by atoms with van der Waals surface area (Å²) in [5.74, 6) is -1.73. The molecule has 234 valence electrons. The van der Waals surface area contributed by atoms with Crippen LogP contribution in [0.1, 0.15) is 30.4 Å². The molecule has 44 heavy (non-hydrogen) atoms. The number of carbonyl (C=O) groups excluding carboxylic acids is 3. The first-order valence-corrected chi connectivity index (χ1v) is 17.2. The fourth-order valence-corrected chi connectivity index (χ4v) is 11.2. The fraction of sp³-hybridized carbons (Fsp3) is 0.441. The second-order valence-electron chi connectivity index (χ2n) is 11.8. The van der Waals surface area contributed by atoms with E-state index in [1.165, 1.54) is 0 Å². The maximum absolute atomic E-state index is 14.9. The van der Waals surface area contributed by atoms with Crippen LogP contribution in [-0.2, 0) is 20.9 Å². The van der Waals surface area contributed by atoms with Gasteiger partial charge in [0, 0.05) is 42.9 Å². The minimum absolute atomic E-state index is 0.00592. The second-order valence-corrected chi connectivity index (χ2v) is 14.9. The van der Waals surface area contributed by atoms with Crippen LogP contribution in [0, 0.1) is 18.8 Å². The molecule has 2 bridgehead atoms. The van der Waals surface area contributed by atoms with Gasteiger partial charge in [-0.25, -0.2) is 0 Å². The number of fused-ring (bicyclic) bond motifs is 1. The molecular formula is C34H39BrClN3O4S. The number of amides is 3. The number of aliphatic hydroxyl groups excluding tert-OH is 1. The van der Waals surface area contributed by atoms with Crippen molar-refractivity contribution in [3.8, 4) is 0 Å². The molecule has 0 radical (unpaired) electrons. The molecule has 0 aliphatic carbocycles. The number of carbonyl (C=O) groups is 3. The number of anilines is 1. The maximum Gasteiger partial charge on any atom is 0.251 e. The summed E-state index contributed by atoms with van der Waals surface area (Å²) >= 11 is 12.2. The SMILES string of the molecule is C=CCN(Cc1ccccc1)C(=O)[C@H]1[C@@H]2SC3(CC2Br)C(C(=O)N(CC=C)c2c(C)cccc2Cl)N(CCCCO)C(=O)[C@H]13. The lowest BCUT2D eigenvalue weighted by Crippen LogP contribution is -2.56. The van der Waals surface area contributed by atoms with Crippen molar-refractivity contribution in [1.82, 2.24) is 9.80 Å². The van der Waals surface area contributed by atoms with Crippen LogP contribution in [-0.4, -0.2) is 79.7 Å². The van der Waals surface area contributed by atoms with E-state index < -0.39 is 22.6 Å². The van der Waals surface area contributed by atoms with Crippen LogP contribution in [0.25, 0.3) is 0 Å². The monoisotopic (exact) mass is 699 g/mol. The van der Waals surface area contributed by atoms with Gasteiger partial charge in [-0.2, -0.15) is 0 Å². The lowest BCUT2D eigenvalue weighted by Gasteiger charge is -2.39. The molecule has 3 fully saturated rings. The zero-order valence-electron chi connectivity index (χ0n) is 24.9. The Morgan fingerprint density at radius 3 is 2.50 bits per heavy atom. The summed E-state index contributed by atoms with van der Waals surface area (Å²) in [5, 5.41) is 9.81. The van der Waals surface area contributed by atoms with Gasteiger partial charge in [-0.15, -0.1) is 24.9 Å². The molecule has 0 saturated carbocycles. The first-order valence-electron chi connectivity index (χ1n) is 15.0. The molecule has 7 nitrogen and oxygen atoms in total. The summed E-state index contributed by atoms with van der Waals surface area (Å²) in [7, 11) is 0. The Bertz CT molecular complexity index is 1410. The van der Waals surface area contributed by atoms with Gasteiger partial charge in [0.2, 0.25) is 11.8 Å². The van der Waals surface area contributed by atoms with Gasteiger partial charge in [-0.3, -0.25) is 14.4 Å². The van der Waals surface area contributed by atoms with E-state index in [-0.39, 0.29) is 41.0 Å². The van der Waals surface area contributed by atoms with Crippen LogP contribution < -0.4 is 4.90 Å². The van der Waals surface area contributed by atoms with Crippen LogP contribution in [0.15, 0.2) is 73.8 Å². The third-order valence-corrected chi connectivity index (χ3v) is 12.6. The zero-order valence-corrected chi connectivity index (χ0v) is 28.1. The third kappa shape index (κ3) is 5.77. The van der Waals surface area contributed by atoms with E-state index in [0.717, 1.165) is 11.1 Å². The van der Waals surface area contributed by atoms with Crippen LogP contribution in [0.4, 0.5) is 5.69 Å². The number of benzene rings is 2. The van der Waals surface area contributed by atoms with Gasteiger partial charge in [0.15, 0.2) is 0 Å². The van der Waals surface area contributed by atoms with E-state index in [2.05, 4.69) is 29.1 Å². The van der Waals surface area contributed by atoms with Crippen LogP contribution in [0.3, 0.4) is 0 Å². The molecule has 1 N–H and O–H groups in total. The van der Waals surface area contributed by atoms with Gasteiger partial charge >= 0.3 is 0 Å². The molecule has 5 rings (SSSR count). The Labute approximate surface area is 277 Å². The number of thioether (sulfide) groups is 1. The average Bonchev–Trinajstić information content (AvgIpc) is 3.59. The number of para-hydroxylation sites is 1. The molecular weight excluding hydrogens is 662 g/mol. The van der Waals surface area contributed by atoms with Crippen molar-refractivity contribution in [3.63, 3.8) is 0 Å². The maximum atomic E-state index is 14.9. The summed E-state index contributed by atoms with van der Waals surface area (Å²) in [4.78, 5) is 48.9. The average molecular weight is 701 g/mol. The molecule has 0 aromatic heterocycles. The number of rotatable bonds is 13. The van der Waals surface area contributed by atoms with Crippen molar-refractivity contribution in [2.24, 2.45) is 11.8 Å². The normalized spacial score (nSPS) is 26.9. The molecule has 3 unspecified atom stereocenters. The van der Waals surface area contributed by atoms with Gasteiger partial charge in [0.1, 0.15) is 6.04 Å². The summed E-state index contributed by atoms with van der Waals surface area (Å²) in [6, 6.07) is 14.5. The van der Waals surface area contributed by atoms with E-state index in [1.807, 2.05) is 49.4 Å². The number of likely N-dealkylation sites (tertiary alicyclic amines) is 1. The van der Waals surface area contributed by atoms with Gasteiger partial charge in [-0.05, 0) is 43.4 Å². The van der Waals surface area contributed by atoms with E-state index in [4.69, 9.17) is 11.6 Å². The number of hydrogen-bond donors (Lipinski definition) is 1. The fourth-order valence-electron chi connectivity index (χ4n) is 7.26. The molecule has 2 aromatic rings. The minimum atomic E-state index is -0.802. The number of halogens is 2. The van der Waals surface area contributed by atoms with Crippen LogP contribution >= 0.6 is 39.3 Å². The number of alkyl halides is 1. The Balaban J connectivity index is 1.57. The lowest BCUT2D eigenvalue weighted by molar-refractivity contribution is -0.144. The topological polar surface area (TPSA) is 81.2 Å². The molecule has 3 saturated heterocycles. The van der Waals surface area contributed by atoms with Crippen molar-refractivity contribution in [1.29, 1.82) is 0 Å². The highest BCUT2D eigenvalue weighted by Gasteiger charge is 2.76. The summed E-state index contributed by atoms with van der Waals surface area (Å²) < 4.78 is -0.798. The third-order valence-electron chi connectivity index (χ3n) is 9.03. The molecule has 3 aliphatic heterocycles. The smallest absolute Gasteiger partial charge is 0.251 e. The van der Waals surface area contributed by atoms with E-state index in [9.17, 15) is 19.5 Å². The number of nitrogens with zero attached hydrogens (tertiary/aromatic N) is 3. The molecule has 6 atom stereocenters. The number of unbranched alkanes of at least 4 members (excludes halogenated alkanes) is 1. The van der Waals surface area contributed by atoms with E-state index >= 15 is 0 Å². The predicted octanol–water partition coefficient (Wildman–Crippen LogP) is 5.62. The molecule has 3 amide bonds. The quantitative estimate of drug-likeness (QED) is 0.167. The number of aryl methyl sites for hydroxylation is 1. The van der Waals surface area contributed by atoms with Gasteiger partial charge < -0.3 is 19.8 Å². The van der Waals surface area contributed by atoms with Crippen molar-refractivity contribution < 1.29 is 19.5 Å². The Morgan fingerprint density at radius 2 is 1.84 bits per heavy atom. The van der Waals surface area contributed by atoms with Gasteiger partial charge in [-0.1, -0.05) is 82.1 Å². The van der Waals surface area contributed by atoms with Crippen molar-refractivity contribution in [2.75, 3.05) is 31.1 Å². The minimum Gasteiger partial charge on any atom is -0.396 e. The van der Waals surface area contributed by atoms with Crippen LogP contribution in [0.5, 0.6) is 0 Å². The van der Waals surface area contributed by atoms with Gasteiger partial charge in [0.25, 0.3) is 5.91 Å². The highest BCUT2D eigenvalue weighted by atomic mass is 79.9. The second kappa shape index (κ2) is 13.8. The van der Waals surface area contributed by atoms with E-state index in [1.54, 1.807) is 44.7 Å². The van der Waals surface area contributed by atoms with Crippen molar-refractivity contribution in [3.05, 3.63) is 90.0 Å². The van der Waals surface area contributed by atoms with Crippen molar-refractivity contribution >= 4 is 62.7 Å². The highest BCUT2D eigenvalue weighted by molar-refractivity contribution is 9.09. The Hall–Kier alpha value is -2.59. The summed E-state index contributed by atoms with van der Waals surface area (Å²) in [6.07, 6.45) is 5.01. The van der Waals surface area contributed by atoms with Crippen LogP contribution in [0.2, 0.25) is 5.02 Å². The highest BCUT2D eigenvalue weighted by Crippen LogP contribution is 2.68. The number of hydrogen-bond acceptors (Lipinski definition) is 5. The number of aliphatic hydroxyl groups is 1. The molecule has 10 heteroatoms.